The Hall–Kier alpha value is -2.70. The zero-order valence-corrected chi connectivity index (χ0v) is 12.4. The number of pyridine rings is 1. The lowest BCUT2D eigenvalue weighted by Crippen LogP contribution is -2.14. The zero-order chi connectivity index (χ0) is 16.1. The molecular weight excluding hydrogens is 286 g/mol. The van der Waals surface area contributed by atoms with Gasteiger partial charge in [-0.1, -0.05) is 0 Å². The van der Waals surface area contributed by atoms with E-state index in [0.717, 1.165) is 5.56 Å². The first kappa shape index (κ1) is 15.7. The molecule has 0 bridgehead atoms. The Morgan fingerprint density at radius 3 is 2.68 bits per heavy atom. The lowest BCUT2D eigenvalue weighted by molar-refractivity contribution is 0.0481. The third-order valence-electron chi connectivity index (χ3n) is 3.15. The van der Waals surface area contributed by atoms with Crippen molar-refractivity contribution in [2.24, 2.45) is 0 Å². The number of nitrogens with zero attached hydrogens (tertiary/aromatic N) is 3. The van der Waals surface area contributed by atoms with Crippen LogP contribution in [0.2, 0.25) is 0 Å². The molecule has 2 aromatic heterocycles. The highest BCUT2D eigenvalue weighted by Gasteiger charge is 2.10. The summed E-state index contributed by atoms with van der Waals surface area (Å²) in [5.41, 5.74) is 0.947. The summed E-state index contributed by atoms with van der Waals surface area (Å²) >= 11 is 0. The van der Waals surface area contributed by atoms with Gasteiger partial charge in [0.15, 0.2) is 5.75 Å². The maximum absolute atomic E-state index is 11.7. The highest BCUT2D eigenvalue weighted by atomic mass is 16.5. The van der Waals surface area contributed by atoms with E-state index >= 15 is 0 Å². The van der Waals surface area contributed by atoms with Gasteiger partial charge in [-0.3, -0.25) is 4.79 Å². The second-order valence-electron chi connectivity index (χ2n) is 4.88. The van der Waals surface area contributed by atoms with Gasteiger partial charge in [0.05, 0.1) is 12.3 Å². The van der Waals surface area contributed by atoms with Crippen molar-refractivity contribution in [3.8, 4) is 5.75 Å². The van der Waals surface area contributed by atoms with Crippen LogP contribution in [0, 0.1) is 13.8 Å². The topological polar surface area (TPSA) is 94.3 Å². The van der Waals surface area contributed by atoms with E-state index in [1.807, 2.05) is 6.92 Å². The summed E-state index contributed by atoms with van der Waals surface area (Å²) < 4.78 is 6.81. The van der Waals surface area contributed by atoms with Crippen molar-refractivity contribution >= 4 is 5.97 Å². The molecule has 0 spiro atoms. The van der Waals surface area contributed by atoms with Crippen LogP contribution < -0.4 is 5.43 Å². The number of hydrogen-bond donors (Lipinski definition) is 1. The molecule has 0 saturated heterocycles. The highest BCUT2D eigenvalue weighted by molar-refractivity contribution is 5.84. The van der Waals surface area contributed by atoms with Crippen molar-refractivity contribution in [3.05, 3.63) is 52.0 Å². The summed E-state index contributed by atoms with van der Waals surface area (Å²) in [6, 6.07) is 1.30. The average Bonchev–Trinajstić information content (AvgIpc) is 2.51. The summed E-state index contributed by atoms with van der Waals surface area (Å²) in [5.74, 6) is -0.796. The zero-order valence-electron chi connectivity index (χ0n) is 12.4. The number of rotatable bonds is 5. The Kier molecular flexibility index (Phi) is 4.88. The van der Waals surface area contributed by atoms with E-state index < -0.39 is 11.4 Å². The molecule has 116 valence electrons. The van der Waals surface area contributed by atoms with Crippen molar-refractivity contribution in [3.63, 3.8) is 0 Å². The number of carbonyl (C=O) groups excluding carboxylic acids is 1. The Morgan fingerprint density at radius 1 is 1.32 bits per heavy atom. The SMILES string of the molecule is Cc1cnc(C(=O)OCCCn2ccc(=O)c(O)c2C)nc1. The van der Waals surface area contributed by atoms with Gasteiger partial charge in [-0.15, -0.1) is 0 Å². The molecule has 0 aliphatic carbocycles. The maximum Gasteiger partial charge on any atom is 0.376 e. The predicted octanol–water partition coefficient (Wildman–Crippen LogP) is 1.21. The van der Waals surface area contributed by atoms with Crippen LogP contribution in [0.4, 0.5) is 0 Å². The second kappa shape index (κ2) is 6.84. The summed E-state index contributed by atoms with van der Waals surface area (Å²) in [7, 11) is 0. The summed E-state index contributed by atoms with van der Waals surface area (Å²) in [5, 5.41) is 9.57. The van der Waals surface area contributed by atoms with E-state index in [1.54, 1.807) is 30.1 Å². The van der Waals surface area contributed by atoms with Crippen LogP contribution in [-0.4, -0.2) is 32.2 Å². The molecule has 0 atom stereocenters. The lowest BCUT2D eigenvalue weighted by Gasteiger charge is -2.11. The quantitative estimate of drug-likeness (QED) is 0.659. The van der Waals surface area contributed by atoms with Crippen LogP contribution in [-0.2, 0) is 11.3 Å². The van der Waals surface area contributed by atoms with Gasteiger partial charge in [-0.25, -0.2) is 14.8 Å². The number of hydrogen-bond acceptors (Lipinski definition) is 6. The number of aryl methyl sites for hydroxylation is 2. The van der Waals surface area contributed by atoms with Gasteiger partial charge < -0.3 is 14.4 Å². The van der Waals surface area contributed by atoms with Crippen molar-refractivity contribution in [1.29, 1.82) is 0 Å². The summed E-state index contributed by atoms with van der Waals surface area (Å²) in [6.07, 6.45) is 5.25. The number of esters is 1. The molecule has 2 aromatic rings. The van der Waals surface area contributed by atoms with Crippen LogP contribution in [0.1, 0.15) is 28.3 Å². The first-order chi connectivity index (χ1) is 10.5. The van der Waals surface area contributed by atoms with E-state index in [1.165, 1.54) is 6.07 Å². The van der Waals surface area contributed by atoms with E-state index in [9.17, 15) is 14.7 Å². The molecule has 7 nitrogen and oxygen atoms in total. The van der Waals surface area contributed by atoms with Crippen molar-refractivity contribution < 1.29 is 14.6 Å². The first-order valence-electron chi connectivity index (χ1n) is 6.84. The minimum atomic E-state index is -0.570. The number of aromatic nitrogens is 3. The minimum Gasteiger partial charge on any atom is -0.503 e. The molecule has 7 heteroatoms. The molecule has 0 aromatic carbocycles. The van der Waals surface area contributed by atoms with Crippen molar-refractivity contribution in [2.75, 3.05) is 6.61 Å². The highest BCUT2D eigenvalue weighted by Crippen LogP contribution is 2.09. The fourth-order valence-electron chi connectivity index (χ4n) is 1.87. The second-order valence-corrected chi connectivity index (χ2v) is 4.88. The van der Waals surface area contributed by atoms with Crippen LogP contribution in [0.5, 0.6) is 5.75 Å². The van der Waals surface area contributed by atoms with Crippen LogP contribution >= 0.6 is 0 Å². The van der Waals surface area contributed by atoms with Crippen LogP contribution in [0.15, 0.2) is 29.5 Å². The third-order valence-corrected chi connectivity index (χ3v) is 3.15. The third kappa shape index (κ3) is 3.69. The van der Waals surface area contributed by atoms with E-state index in [2.05, 4.69) is 9.97 Å². The smallest absolute Gasteiger partial charge is 0.376 e. The lowest BCUT2D eigenvalue weighted by atomic mass is 10.3. The molecule has 0 saturated carbocycles. The molecule has 0 aliphatic heterocycles. The van der Waals surface area contributed by atoms with Gasteiger partial charge in [-0.2, -0.15) is 0 Å². The fourth-order valence-corrected chi connectivity index (χ4v) is 1.87. The first-order valence-corrected chi connectivity index (χ1v) is 6.84. The standard InChI is InChI=1S/C15H17N3O4/c1-10-8-16-14(17-9-10)15(21)22-7-3-5-18-6-4-12(19)13(20)11(18)2/h4,6,8-9,20H,3,5,7H2,1-2H3. The van der Waals surface area contributed by atoms with E-state index in [-0.39, 0.29) is 18.2 Å². The van der Waals surface area contributed by atoms with Gasteiger partial charge in [0.2, 0.25) is 11.3 Å². The Morgan fingerprint density at radius 2 is 2.00 bits per heavy atom. The monoisotopic (exact) mass is 303 g/mol. The largest absolute Gasteiger partial charge is 0.503 e. The van der Waals surface area contributed by atoms with Crippen LogP contribution in [0.3, 0.4) is 0 Å². The Balaban J connectivity index is 1.85. The van der Waals surface area contributed by atoms with E-state index in [0.29, 0.717) is 18.7 Å². The molecule has 0 aliphatic rings. The molecule has 0 amide bonds. The number of ether oxygens (including phenoxy) is 1. The molecule has 0 fully saturated rings. The fraction of sp³-hybridized carbons (Fsp3) is 0.333. The van der Waals surface area contributed by atoms with E-state index in [4.69, 9.17) is 4.74 Å². The van der Waals surface area contributed by atoms with Gasteiger partial charge >= 0.3 is 5.97 Å². The molecule has 0 radical (unpaired) electrons. The van der Waals surface area contributed by atoms with Gasteiger partial charge in [0, 0.05) is 31.2 Å². The normalized spacial score (nSPS) is 10.5. The predicted molar refractivity (Wildman–Crippen MR) is 78.8 cm³/mol. The molecule has 22 heavy (non-hydrogen) atoms. The number of aromatic hydroxyl groups is 1. The molecule has 2 heterocycles. The molecule has 1 N–H and O–H groups in total. The minimum absolute atomic E-state index is 0.0304. The molecule has 2 rings (SSSR count). The molecular formula is C15H17N3O4. The summed E-state index contributed by atoms with van der Waals surface area (Å²) in [6.45, 7) is 4.20. The van der Waals surface area contributed by atoms with Crippen LogP contribution in [0.25, 0.3) is 0 Å². The van der Waals surface area contributed by atoms with Gasteiger partial charge in [0.25, 0.3) is 0 Å². The van der Waals surface area contributed by atoms with Gasteiger partial charge in [-0.05, 0) is 25.8 Å². The van der Waals surface area contributed by atoms with Gasteiger partial charge in [0.1, 0.15) is 0 Å². The Bertz CT molecular complexity index is 723. The van der Waals surface area contributed by atoms with Crippen molar-refractivity contribution in [1.82, 2.24) is 14.5 Å². The maximum atomic E-state index is 11.7. The van der Waals surface area contributed by atoms with Crippen molar-refractivity contribution in [2.45, 2.75) is 26.8 Å². The average molecular weight is 303 g/mol. The summed E-state index contributed by atoms with van der Waals surface area (Å²) in [4.78, 5) is 30.7. The molecule has 0 unspecified atom stereocenters. The Labute approximate surface area is 127 Å². The number of carbonyl (C=O) groups is 1.